The van der Waals surface area contributed by atoms with E-state index in [0.29, 0.717) is 0 Å². The quantitative estimate of drug-likeness (QED) is 0.734. The lowest BCUT2D eigenvalue weighted by Gasteiger charge is -1.99. The molecular weight excluding hydrogens is 214 g/mol. The second-order valence-corrected chi connectivity index (χ2v) is 4.76. The zero-order valence-corrected chi connectivity index (χ0v) is 10.1. The average molecular weight is 227 g/mol. The molecule has 0 N–H and O–H groups in total. The highest BCUT2D eigenvalue weighted by Gasteiger charge is 1.99. The largest absolute Gasteiger partial charge is 0.247 e. The van der Waals surface area contributed by atoms with Crippen LogP contribution in [0.1, 0.15) is 21.8 Å². The Hall–Kier alpha value is -1.59. The van der Waals surface area contributed by atoms with Crippen LogP contribution in [0.4, 0.5) is 0 Å². The van der Waals surface area contributed by atoms with Crippen LogP contribution in [0.15, 0.2) is 29.6 Å². The van der Waals surface area contributed by atoms with Crippen LogP contribution < -0.4 is 0 Å². The van der Waals surface area contributed by atoms with Crippen molar-refractivity contribution in [2.24, 2.45) is 0 Å². The minimum absolute atomic E-state index is 0.938. The van der Waals surface area contributed by atoms with Crippen LogP contribution in [0.3, 0.4) is 0 Å². The van der Waals surface area contributed by atoms with Crippen molar-refractivity contribution in [3.8, 4) is 12.3 Å². The molecule has 0 aliphatic heterocycles. The second kappa shape index (κ2) is 4.96. The maximum atomic E-state index is 5.31. The summed E-state index contributed by atoms with van der Waals surface area (Å²) in [5.41, 5.74) is 3.43. The number of terminal acetylenes is 1. The van der Waals surface area contributed by atoms with E-state index in [-0.39, 0.29) is 0 Å². The van der Waals surface area contributed by atoms with Gasteiger partial charge in [-0.25, -0.2) is 4.98 Å². The molecule has 0 saturated heterocycles. The van der Waals surface area contributed by atoms with Gasteiger partial charge in [0.05, 0.1) is 10.7 Å². The van der Waals surface area contributed by atoms with E-state index in [1.54, 1.807) is 11.3 Å². The molecule has 0 fully saturated rings. The van der Waals surface area contributed by atoms with Gasteiger partial charge in [-0.2, -0.15) is 0 Å². The predicted molar refractivity (Wildman–Crippen MR) is 68.6 cm³/mol. The van der Waals surface area contributed by atoms with Crippen molar-refractivity contribution < 1.29 is 0 Å². The monoisotopic (exact) mass is 227 g/mol. The Bertz CT molecular complexity index is 502. The number of nitrogens with zero attached hydrogens (tertiary/aromatic N) is 1. The van der Waals surface area contributed by atoms with Crippen LogP contribution >= 0.6 is 11.3 Å². The molecule has 0 aliphatic carbocycles. The molecule has 0 bridgehead atoms. The van der Waals surface area contributed by atoms with Crippen LogP contribution in [-0.2, 0) is 12.8 Å². The average Bonchev–Trinajstić information content (AvgIpc) is 2.73. The Labute approximate surface area is 100 Å². The first-order valence-corrected chi connectivity index (χ1v) is 6.12. The number of rotatable bonds is 3. The SMILES string of the molecule is C#Cc1ccc(CCc2csc(C)n2)cc1. The van der Waals surface area contributed by atoms with E-state index >= 15 is 0 Å². The molecule has 1 heterocycles. The molecule has 0 spiro atoms. The fourth-order valence-electron chi connectivity index (χ4n) is 1.56. The molecule has 1 aromatic carbocycles. The van der Waals surface area contributed by atoms with Crippen molar-refractivity contribution in [2.75, 3.05) is 0 Å². The van der Waals surface area contributed by atoms with Gasteiger partial charge in [0.1, 0.15) is 0 Å². The third-order valence-corrected chi connectivity index (χ3v) is 3.28. The summed E-state index contributed by atoms with van der Waals surface area (Å²) < 4.78 is 0. The number of thiazole rings is 1. The van der Waals surface area contributed by atoms with Crippen LogP contribution in [0.25, 0.3) is 0 Å². The van der Waals surface area contributed by atoms with Crippen LogP contribution in [-0.4, -0.2) is 4.98 Å². The highest BCUT2D eigenvalue weighted by molar-refractivity contribution is 7.09. The normalized spacial score (nSPS) is 10.0. The van der Waals surface area contributed by atoms with Gasteiger partial charge in [0.15, 0.2) is 0 Å². The highest BCUT2D eigenvalue weighted by atomic mass is 32.1. The van der Waals surface area contributed by atoms with Crippen molar-refractivity contribution >= 4 is 11.3 Å². The Balaban J connectivity index is 1.97. The second-order valence-electron chi connectivity index (χ2n) is 3.70. The summed E-state index contributed by atoms with van der Waals surface area (Å²) in [5, 5.41) is 3.27. The lowest BCUT2D eigenvalue weighted by atomic mass is 10.1. The van der Waals surface area contributed by atoms with E-state index in [4.69, 9.17) is 6.42 Å². The van der Waals surface area contributed by atoms with Crippen LogP contribution in [0.2, 0.25) is 0 Å². The molecule has 1 nitrogen and oxygen atoms in total. The summed E-state index contributed by atoms with van der Waals surface area (Å²) in [7, 11) is 0. The minimum atomic E-state index is 0.938. The van der Waals surface area contributed by atoms with E-state index in [2.05, 4.69) is 28.4 Å². The van der Waals surface area contributed by atoms with Gasteiger partial charge in [0.2, 0.25) is 0 Å². The first-order valence-electron chi connectivity index (χ1n) is 5.24. The topological polar surface area (TPSA) is 12.9 Å². The van der Waals surface area contributed by atoms with Gasteiger partial charge < -0.3 is 0 Å². The minimum Gasteiger partial charge on any atom is -0.247 e. The summed E-state index contributed by atoms with van der Waals surface area (Å²) in [6, 6.07) is 8.16. The number of aryl methyl sites for hydroxylation is 3. The molecule has 2 rings (SSSR count). The van der Waals surface area contributed by atoms with Gasteiger partial charge in [0, 0.05) is 10.9 Å². The Morgan fingerprint density at radius 1 is 1.25 bits per heavy atom. The fraction of sp³-hybridized carbons (Fsp3) is 0.214. The van der Waals surface area contributed by atoms with Crippen molar-refractivity contribution in [1.29, 1.82) is 0 Å². The van der Waals surface area contributed by atoms with Crippen LogP contribution in [0, 0.1) is 19.3 Å². The smallest absolute Gasteiger partial charge is 0.0897 e. The van der Waals surface area contributed by atoms with Gasteiger partial charge in [0.25, 0.3) is 0 Å². The zero-order chi connectivity index (χ0) is 11.4. The lowest BCUT2D eigenvalue weighted by Crippen LogP contribution is -1.91. The molecule has 2 heteroatoms. The molecule has 0 aliphatic rings. The molecule has 80 valence electrons. The van der Waals surface area contributed by atoms with E-state index in [0.717, 1.165) is 23.4 Å². The van der Waals surface area contributed by atoms with Crippen molar-refractivity contribution in [1.82, 2.24) is 4.98 Å². The zero-order valence-electron chi connectivity index (χ0n) is 9.23. The van der Waals surface area contributed by atoms with Gasteiger partial charge >= 0.3 is 0 Å². The third kappa shape index (κ3) is 2.71. The number of hydrogen-bond donors (Lipinski definition) is 0. The molecule has 16 heavy (non-hydrogen) atoms. The van der Waals surface area contributed by atoms with Crippen LogP contribution in [0.5, 0.6) is 0 Å². The summed E-state index contributed by atoms with van der Waals surface area (Å²) in [4.78, 5) is 4.45. The first kappa shape index (κ1) is 10.9. The molecular formula is C14H13NS. The summed E-state index contributed by atoms with van der Waals surface area (Å²) in [6.45, 7) is 2.04. The summed E-state index contributed by atoms with van der Waals surface area (Å²) >= 11 is 1.71. The molecule has 0 atom stereocenters. The Kier molecular flexibility index (Phi) is 3.38. The van der Waals surface area contributed by atoms with E-state index in [9.17, 15) is 0 Å². The standard InChI is InChI=1S/C14H13NS/c1-3-12-4-6-13(7-5-12)8-9-14-10-16-11(2)15-14/h1,4-7,10H,8-9H2,2H3. The van der Waals surface area contributed by atoms with Gasteiger partial charge in [-0.3, -0.25) is 0 Å². The van der Waals surface area contributed by atoms with Crippen molar-refractivity contribution in [2.45, 2.75) is 19.8 Å². The van der Waals surface area contributed by atoms with Crippen molar-refractivity contribution in [3.05, 3.63) is 51.5 Å². The van der Waals surface area contributed by atoms with E-state index in [1.165, 1.54) is 11.3 Å². The Morgan fingerprint density at radius 3 is 2.56 bits per heavy atom. The summed E-state index contributed by atoms with van der Waals surface area (Å²) in [5.74, 6) is 2.62. The maximum Gasteiger partial charge on any atom is 0.0897 e. The third-order valence-electron chi connectivity index (χ3n) is 2.46. The van der Waals surface area contributed by atoms with E-state index in [1.807, 2.05) is 19.1 Å². The lowest BCUT2D eigenvalue weighted by molar-refractivity contribution is 0.919. The number of hydrogen-bond acceptors (Lipinski definition) is 2. The molecule has 0 unspecified atom stereocenters. The molecule has 1 aromatic heterocycles. The summed E-state index contributed by atoms with van der Waals surface area (Å²) in [6.07, 6.45) is 7.33. The van der Waals surface area contributed by atoms with Gasteiger partial charge in [-0.15, -0.1) is 17.8 Å². The van der Waals surface area contributed by atoms with Gasteiger partial charge in [-0.1, -0.05) is 18.1 Å². The number of aromatic nitrogens is 1. The first-order chi connectivity index (χ1) is 7.78. The predicted octanol–water partition coefficient (Wildman–Crippen LogP) is 3.22. The molecule has 2 aromatic rings. The molecule has 0 radical (unpaired) electrons. The molecule has 0 saturated carbocycles. The van der Waals surface area contributed by atoms with Crippen molar-refractivity contribution in [3.63, 3.8) is 0 Å². The highest BCUT2D eigenvalue weighted by Crippen LogP contribution is 2.11. The maximum absolute atomic E-state index is 5.31. The molecule has 0 amide bonds. The Morgan fingerprint density at radius 2 is 2.00 bits per heavy atom. The van der Waals surface area contributed by atoms with E-state index < -0.39 is 0 Å². The van der Waals surface area contributed by atoms with Gasteiger partial charge in [-0.05, 0) is 37.5 Å². The fourth-order valence-corrected chi connectivity index (χ4v) is 2.21. The number of benzene rings is 1.